The molecule has 116 valence electrons. The van der Waals surface area contributed by atoms with Gasteiger partial charge in [0.15, 0.2) is 0 Å². The van der Waals surface area contributed by atoms with E-state index >= 15 is 0 Å². The van der Waals surface area contributed by atoms with Gasteiger partial charge < -0.3 is 10.3 Å². The first-order valence-electron chi connectivity index (χ1n) is 7.49. The van der Waals surface area contributed by atoms with Crippen molar-refractivity contribution in [3.05, 3.63) is 76.4 Å². The fraction of sp³-hybridized carbons (Fsp3) is 0.105. The molecule has 3 rings (SSSR count). The Bertz CT molecular complexity index is 851. The summed E-state index contributed by atoms with van der Waals surface area (Å²) < 4.78 is 0.999. The summed E-state index contributed by atoms with van der Waals surface area (Å²) in [7, 11) is 0. The van der Waals surface area contributed by atoms with E-state index in [9.17, 15) is 4.79 Å². The summed E-state index contributed by atoms with van der Waals surface area (Å²) in [5.74, 6) is -0.0789. The normalized spacial score (nSPS) is 11.2. The van der Waals surface area contributed by atoms with Crippen LogP contribution in [0, 0.1) is 0 Å². The molecule has 0 aliphatic heterocycles. The Hall–Kier alpha value is -2.33. The van der Waals surface area contributed by atoms with Gasteiger partial charge in [0, 0.05) is 34.2 Å². The molecule has 3 nitrogen and oxygen atoms in total. The third kappa shape index (κ3) is 4.11. The minimum Gasteiger partial charge on any atom is -0.361 e. The maximum absolute atomic E-state index is 11.9. The number of fused-ring (bicyclic) bond motifs is 1. The van der Waals surface area contributed by atoms with Crippen molar-refractivity contribution in [2.45, 2.75) is 6.42 Å². The standard InChI is InChI=1S/C19H17BrN2O/c20-16-5-3-4-14(12-16)8-9-19(23)21-11-10-15-13-22-18-7-2-1-6-17(15)18/h1-9,12-13,22H,10-11H2,(H,21,23)/b9-8+. The number of carbonyl (C=O) groups is 1. The fourth-order valence-corrected chi connectivity index (χ4v) is 2.92. The lowest BCUT2D eigenvalue weighted by molar-refractivity contribution is -0.116. The van der Waals surface area contributed by atoms with Crippen LogP contribution in [-0.4, -0.2) is 17.4 Å². The second-order valence-electron chi connectivity index (χ2n) is 5.29. The maximum atomic E-state index is 11.9. The molecule has 0 spiro atoms. The van der Waals surface area contributed by atoms with Gasteiger partial charge in [-0.25, -0.2) is 0 Å². The number of benzene rings is 2. The van der Waals surface area contributed by atoms with Crippen LogP contribution < -0.4 is 5.32 Å². The van der Waals surface area contributed by atoms with Crippen molar-refractivity contribution in [3.63, 3.8) is 0 Å². The SMILES string of the molecule is O=C(/C=C/c1cccc(Br)c1)NCCc1c[nH]c2ccccc12. The smallest absolute Gasteiger partial charge is 0.244 e. The molecular formula is C19H17BrN2O. The largest absolute Gasteiger partial charge is 0.361 e. The average Bonchev–Trinajstić information content (AvgIpc) is 2.97. The predicted molar refractivity (Wildman–Crippen MR) is 98.2 cm³/mol. The third-order valence-corrected chi connectivity index (χ3v) is 4.14. The van der Waals surface area contributed by atoms with Gasteiger partial charge in [0.05, 0.1) is 0 Å². The number of amides is 1. The van der Waals surface area contributed by atoms with Gasteiger partial charge in [-0.2, -0.15) is 0 Å². The highest BCUT2D eigenvalue weighted by Crippen LogP contribution is 2.17. The van der Waals surface area contributed by atoms with Gasteiger partial charge in [-0.15, -0.1) is 0 Å². The van der Waals surface area contributed by atoms with Crippen molar-refractivity contribution in [1.82, 2.24) is 10.3 Å². The summed E-state index contributed by atoms with van der Waals surface area (Å²) in [6.07, 6.45) is 6.19. The summed E-state index contributed by atoms with van der Waals surface area (Å²) in [5.41, 5.74) is 3.34. The topological polar surface area (TPSA) is 44.9 Å². The zero-order chi connectivity index (χ0) is 16.1. The summed E-state index contributed by atoms with van der Waals surface area (Å²) in [4.78, 5) is 15.1. The molecular weight excluding hydrogens is 352 g/mol. The van der Waals surface area contributed by atoms with E-state index in [1.807, 2.05) is 48.7 Å². The van der Waals surface area contributed by atoms with Crippen LogP contribution in [0.25, 0.3) is 17.0 Å². The van der Waals surface area contributed by atoms with E-state index in [0.717, 1.165) is 22.0 Å². The van der Waals surface area contributed by atoms with Crippen LogP contribution in [0.3, 0.4) is 0 Å². The molecule has 0 radical (unpaired) electrons. The Balaban J connectivity index is 1.53. The second kappa shape index (κ2) is 7.29. The molecule has 2 aromatic carbocycles. The van der Waals surface area contributed by atoms with Crippen LogP contribution in [0.5, 0.6) is 0 Å². The van der Waals surface area contributed by atoms with Gasteiger partial charge in [-0.05, 0) is 41.8 Å². The first-order chi connectivity index (χ1) is 11.2. The number of carbonyl (C=O) groups excluding carboxylic acids is 1. The van der Waals surface area contributed by atoms with Gasteiger partial charge in [-0.3, -0.25) is 4.79 Å². The Kier molecular flexibility index (Phi) is 4.93. The summed E-state index contributed by atoms with van der Waals surface area (Å²) in [6, 6.07) is 16.0. The van der Waals surface area contributed by atoms with Crippen LogP contribution in [-0.2, 0) is 11.2 Å². The van der Waals surface area contributed by atoms with Crippen molar-refractivity contribution in [1.29, 1.82) is 0 Å². The van der Waals surface area contributed by atoms with E-state index < -0.39 is 0 Å². The van der Waals surface area contributed by atoms with Gasteiger partial charge in [0.2, 0.25) is 5.91 Å². The molecule has 0 saturated carbocycles. The molecule has 0 aliphatic carbocycles. The minimum atomic E-state index is -0.0789. The van der Waals surface area contributed by atoms with Crippen molar-refractivity contribution in [3.8, 4) is 0 Å². The molecule has 0 saturated heterocycles. The number of rotatable bonds is 5. The molecule has 2 N–H and O–H groups in total. The first-order valence-corrected chi connectivity index (χ1v) is 8.28. The van der Waals surface area contributed by atoms with Gasteiger partial charge in [0.25, 0.3) is 0 Å². The van der Waals surface area contributed by atoms with E-state index in [2.05, 4.69) is 38.4 Å². The minimum absolute atomic E-state index is 0.0789. The summed E-state index contributed by atoms with van der Waals surface area (Å²) >= 11 is 3.42. The van der Waals surface area contributed by atoms with Crippen LogP contribution >= 0.6 is 15.9 Å². The monoisotopic (exact) mass is 368 g/mol. The van der Waals surface area contributed by atoms with Crippen molar-refractivity contribution < 1.29 is 4.79 Å². The van der Waals surface area contributed by atoms with E-state index in [0.29, 0.717) is 6.54 Å². The Morgan fingerprint density at radius 1 is 1.17 bits per heavy atom. The molecule has 0 unspecified atom stereocenters. The average molecular weight is 369 g/mol. The molecule has 0 bridgehead atoms. The number of H-pyrrole nitrogens is 1. The lowest BCUT2D eigenvalue weighted by Crippen LogP contribution is -2.23. The van der Waals surface area contributed by atoms with Crippen LogP contribution in [0.15, 0.2) is 65.3 Å². The lowest BCUT2D eigenvalue weighted by atomic mass is 10.1. The van der Waals surface area contributed by atoms with E-state index in [-0.39, 0.29) is 5.91 Å². The Morgan fingerprint density at radius 2 is 2.04 bits per heavy atom. The lowest BCUT2D eigenvalue weighted by Gasteiger charge is -2.02. The number of aromatic nitrogens is 1. The van der Waals surface area contributed by atoms with E-state index in [4.69, 9.17) is 0 Å². The molecule has 1 heterocycles. The molecule has 23 heavy (non-hydrogen) atoms. The van der Waals surface area contributed by atoms with Crippen LogP contribution in [0.2, 0.25) is 0 Å². The number of hydrogen-bond donors (Lipinski definition) is 2. The number of halogens is 1. The molecule has 4 heteroatoms. The zero-order valence-electron chi connectivity index (χ0n) is 12.6. The first kappa shape index (κ1) is 15.6. The molecule has 1 amide bonds. The number of para-hydroxylation sites is 1. The molecule has 1 aromatic heterocycles. The summed E-state index contributed by atoms with van der Waals surface area (Å²) in [5, 5.41) is 4.13. The summed E-state index contributed by atoms with van der Waals surface area (Å²) in [6.45, 7) is 0.615. The molecule has 3 aromatic rings. The van der Waals surface area contributed by atoms with Gasteiger partial charge >= 0.3 is 0 Å². The van der Waals surface area contributed by atoms with Gasteiger partial charge in [0.1, 0.15) is 0 Å². The predicted octanol–water partition coefficient (Wildman–Crippen LogP) is 4.30. The van der Waals surface area contributed by atoms with Crippen molar-refractivity contribution >= 4 is 38.8 Å². The van der Waals surface area contributed by atoms with Gasteiger partial charge in [-0.1, -0.05) is 46.3 Å². The Labute approximate surface area is 143 Å². The number of nitrogens with one attached hydrogen (secondary N) is 2. The highest BCUT2D eigenvalue weighted by Gasteiger charge is 2.03. The highest BCUT2D eigenvalue weighted by molar-refractivity contribution is 9.10. The maximum Gasteiger partial charge on any atom is 0.244 e. The molecule has 0 atom stereocenters. The van der Waals surface area contributed by atoms with Crippen LogP contribution in [0.4, 0.5) is 0 Å². The number of hydrogen-bond acceptors (Lipinski definition) is 1. The fourth-order valence-electron chi connectivity index (χ4n) is 2.50. The van der Waals surface area contributed by atoms with E-state index in [1.54, 1.807) is 6.08 Å². The quantitative estimate of drug-likeness (QED) is 0.647. The van der Waals surface area contributed by atoms with E-state index in [1.165, 1.54) is 10.9 Å². The zero-order valence-corrected chi connectivity index (χ0v) is 14.1. The van der Waals surface area contributed by atoms with Crippen molar-refractivity contribution in [2.75, 3.05) is 6.54 Å². The molecule has 0 aliphatic rings. The number of aromatic amines is 1. The Morgan fingerprint density at radius 3 is 2.91 bits per heavy atom. The molecule has 0 fully saturated rings. The highest BCUT2D eigenvalue weighted by atomic mass is 79.9. The van der Waals surface area contributed by atoms with Crippen LogP contribution in [0.1, 0.15) is 11.1 Å². The third-order valence-electron chi connectivity index (χ3n) is 3.64. The second-order valence-corrected chi connectivity index (χ2v) is 6.20. The van der Waals surface area contributed by atoms with Crippen molar-refractivity contribution in [2.24, 2.45) is 0 Å².